The van der Waals surface area contributed by atoms with Gasteiger partial charge in [-0.25, -0.2) is 0 Å². The van der Waals surface area contributed by atoms with Crippen LogP contribution in [0, 0.1) is 12.8 Å². The molecule has 36 heavy (non-hydrogen) atoms. The van der Waals surface area contributed by atoms with Gasteiger partial charge in [-0.15, -0.1) is 11.8 Å². The van der Waals surface area contributed by atoms with Gasteiger partial charge >= 0.3 is 5.97 Å². The van der Waals surface area contributed by atoms with Crippen LogP contribution in [0.2, 0.25) is 0 Å². The zero-order valence-electron chi connectivity index (χ0n) is 20.3. The molecule has 2 aliphatic rings. The topological polar surface area (TPSA) is 79.5 Å². The van der Waals surface area contributed by atoms with E-state index < -0.39 is 5.97 Å². The molecule has 2 heterocycles. The molecule has 6 rings (SSSR count). The van der Waals surface area contributed by atoms with Crippen molar-refractivity contribution >= 4 is 17.7 Å². The van der Waals surface area contributed by atoms with E-state index in [4.69, 9.17) is 9.51 Å². The minimum Gasteiger partial charge on any atom is -0.481 e. The van der Waals surface area contributed by atoms with Crippen LogP contribution in [0.25, 0.3) is 34.0 Å². The third-order valence-corrected chi connectivity index (χ3v) is 8.28. The summed E-state index contributed by atoms with van der Waals surface area (Å²) in [6, 6.07) is 21.4. The van der Waals surface area contributed by atoms with Crippen molar-refractivity contribution in [2.75, 3.05) is 6.26 Å². The predicted octanol–water partition coefficient (Wildman–Crippen LogP) is 6.28. The van der Waals surface area contributed by atoms with Crippen LogP contribution in [0.3, 0.4) is 0 Å². The van der Waals surface area contributed by atoms with Crippen LogP contribution in [0.5, 0.6) is 0 Å². The molecule has 1 fully saturated rings. The average Bonchev–Trinajstić information content (AvgIpc) is 3.50. The lowest BCUT2D eigenvalue weighted by Gasteiger charge is -2.39. The van der Waals surface area contributed by atoms with Gasteiger partial charge in [-0.3, -0.25) is 9.69 Å². The fourth-order valence-corrected chi connectivity index (χ4v) is 5.94. The van der Waals surface area contributed by atoms with E-state index in [1.165, 1.54) is 27.1 Å². The third kappa shape index (κ3) is 4.12. The molecule has 0 spiro atoms. The van der Waals surface area contributed by atoms with Gasteiger partial charge in [0.25, 0.3) is 5.89 Å². The predicted molar refractivity (Wildman–Crippen MR) is 141 cm³/mol. The first-order chi connectivity index (χ1) is 17.5. The van der Waals surface area contributed by atoms with Crippen molar-refractivity contribution < 1.29 is 14.4 Å². The molecule has 1 N–H and O–H groups in total. The normalized spacial score (nSPS) is 19.2. The summed E-state index contributed by atoms with van der Waals surface area (Å²) in [5.41, 5.74) is 7.98. The summed E-state index contributed by atoms with van der Waals surface area (Å²) in [6.07, 6.45) is 3.58. The van der Waals surface area contributed by atoms with Gasteiger partial charge in [-0.1, -0.05) is 41.6 Å². The summed E-state index contributed by atoms with van der Waals surface area (Å²) in [6.45, 7) is 3.82. The summed E-state index contributed by atoms with van der Waals surface area (Å²) in [4.78, 5) is 19.5. The summed E-state index contributed by atoms with van der Waals surface area (Å²) in [5.74, 6) is 0.224. The van der Waals surface area contributed by atoms with Gasteiger partial charge in [0.05, 0.1) is 5.92 Å². The minimum atomic E-state index is -0.673. The highest BCUT2D eigenvalue weighted by molar-refractivity contribution is 7.98. The van der Waals surface area contributed by atoms with Crippen molar-refractivity contribution in [1.82, 2.24) is 15.0 Å². The lowest BCUT2D eigenvalue weighted by atomic mass is 9.79. The molecule has 6 nitrogen and oxygen atoms in total. The van der Waals surface area contributed by atoms with Crippen molar-refractivity contribution in [2.45, 2.75) is 43.8 Å². The molecule has 0 saturated heterocycles. The van der Waals surface area contributed by atoms with Crippen molar-refractivity contribution in [3.8, 4) is 34.0 Å². The van der Waals surface area contributed by atoms with E-state index in [1.54, 1.807) is 11.8 Å². The first kappa shape index (κ1) is 23.0. The van der Waals surface area contributed by atoms with Crippen molar-refractivity contribution in [3.05, 3.63) is 77.4 Å². The highest BCUT2D eigenvalue weighted by Gasteiger charge is 2.39. The molecule has 182 valence electrons. The van der Waals surface area contributed by atoms with Crippen LogP contribution < -0.4 is 0 Å². The van der Waals surface area contributed by atoms with E-state index in [0.717, 1.165) is 42.6 Å². The number of benzene rings is 3. The Kier molecular flexibility index (Phi) is 5.90. The molecular weight excluding hydrogens is 470 g/mol. The minimum absolute atomic E-state index is 0.190. The second-order valence-electron chi connectivity index (χ2n) is 9.70. The molecule has 0 atom stereocenters. The molecule has 1 aliphatic heterocycles. The zero-order chi connectivity index (χ0) is 24.8. The molecule has 0 unspecified atom stereocenters. The van der Waals surface area contributed by atoms with Gasteiger partial charge in [0.2, 0.25) is 5.82 Å². The fourth-order valence-electron chi connectivity index (χ4n) is 5.33. The van der Waals surface area contributed by atoms with Crippen LogP contribution in [0.1, 0.15) is 29.5 Å². The van der Waals surface area contributed by atoms with Gasteiger partial charge < -0.3 is 9.63 Å². The Bertz CT molecular complexity index is 1460. The smallest absolute Gasteiger partial charge is 0.306 e. The number of nitrogens with zero attached hydrogens (tertiary/aromatic N) is 3. The Labute approximate surface area is 214 Å². The number of aromatic nitrogens is 2. The van der Waals surface area contributed by atoms with Crippen molar-refractivity contribution in [3.63, 3.8) is 0 Å². The molecule has 1 aromatic heterocycles. The number of aryl methyl sites for hydroxylation is 1. The Hall–Kier alpha value is -3.42. The summed E-state index contributed by atoms with van der Waals surface area (Å²) in [7, 11) is 0. The van der Waals surface area contributed by atoms with Crippen molar-refractivity contribution in [2.24, 2.45) is 5.92 Å². The number of carboxylic acids is 1. The van der Waals surface area contributed by atoms with Crippen LogP contribution in [0.15, 0.2) is 70.1 Å². The van der Waals surface area contributed by atoms with Crippen LogP contribution >= 0.6 is 11.8 Å². The van der Waals surface area contributed by atoms with Crippen molar-refractivity contribution in [1.29, 1.82) is 0 Å². The van der Waals surface area contributed by atoms with E-state index in [9.17, 15) is 9.90 Å². The Balaban J connectivity index is 1.20. The summed E-state index contributed by atoms with van der Waals surface area (Å²) >= 11 is 1.75. The Morgan fingerprint density at radius 3 is 2.56 bits per heavy atom. The van der Waals surface area contributed by atoms with E-state index in [1.807, 2.05) is 12.1 Å². The standard InChI is InChI=1S/C29H27N3O3S/c1-17-11-19(9-10-24(17)25-5-3-4-6-26(25)36-2)28-30-27(31-35-28)18-7-8-20-15-32(16-22(20)12-18)23-13-21(14-23)29(33)34/h3-12,21,23H,13-16H2,1-2H3,(H,33,34). The fraction of sp³-hybridized carbons (Fsp3) is 0.276. The largest absolute Gasteiger partial charge is 0.481 e. The van der Waals surface area contributed by atoms with Gasteiger partial charge in [0, 0.05) is 35.2 Å². The number of hydrogen-bond acceptors (Lipinski definition) is 6. The maximum atomic E-state index is 11.2. The molecule has 1 saturated carbocycles. The second kappa shape index (κ2) is 9.22. The Morgan fingerprint density at radius 2 is 1.78 bits per heavy atom. The average molecular weight is 498 g/mol. The molecule has 0 bridgehead atoms. The maximum Gasteiger partial charge on any atom is 0.306 e. The number of rotatable bonds is 6. The van der Waals surface area contributed by atoms with Gasteiger partial charge in [0.1, 0.15) is 0 Å². The number of aliphatic carboxylic acids is 1. The maximum absolute atomic E-state index is 11.2. The molecule has 4 aromatic rings. The van der Waals surface area contributed by atoms with Crippen LogP contribution in [0.4, 0.5) is 0 Å². The summed E-state index contributed by atoms with van der Waals surface area (Å²) in [5, 5.41) is 13.4. The highest BCUT2D eigenvalue weighted by atomic mass is 32.2. The van der Waals surface area contributed by atoms with E-state index >= 15 is 0 Å². The molecule has 0 radical (unpaired) electrons. The van der Waals surface area contributed by atoms with Gasteiger partial charge in [-0.05, 0) is 78.1 Å². The van der Waals surface area contributed by atoms with E-state index in [2.05, 4.69) is 71.8 Å². The van der Waals surface area contributed by atoms with E-state index in [0.29, 0.717) is 17.8 Å². The third-order valence-electron chi connectivity index (χ3n) is 7.49. The lowest BCUT2D eigenvalue weighted by molar-refractivity contribution is -0.147. The first-order valence-corrected chi connectivity index (χ1v) is 13.4. The first-order valence-electron chi connectivity index (χ1n) is 12.2. The number of carbonyl (C=O) groups is 1. The zero-order valence-corrected chi connectivity index (χ0v) is 21.1. The number of carboxylic acid groups (broad SMARTS) is 1. The summed E-state index contributed by atoms with van der Waals surface area (Å²) < 4.78 is 5.66. The molecular formula is C29H27N3O3S. The highest BCUT2D eigenvalue weighted by Crippen LogP contribution is 2.38. The number of hydrogen-bond donors (Lipinski definition) is 1. The second-order valence-corrected chi connectivity index (χ2v) is 10.6. The molecule has 0 amide bonds. The number of fused-ring (bicyclic) bond motifs is 1. The molecule has 3 aromatic carbocycles. The number of thioether (sulfide) groups is 1. The Morgan fingerprint density at radius 1 is 1.00 bits per heavy atom. The van der Waals surface area contributed by atoms with Gasteiger partial charge in [-0.2, -0.15) is 4.98 Å². The lowest BCUT2D eigenvalue weighted by Crippen LogP contribution is -2.44. The van der Waals surface area contributed by atoms with E-state index in [-0.39, 0.29) is 5.92 Å². The van der Waals surface area contributed by atoms with Crippen LogP contribution in [-0.4, -0.2) is 38.4 Å². The van der Waals surface area contributed by atoms with Crippen LogP contribution in [-0.2, 0) is 17.9 Å². The SMILES string of the molecule is CSc1ccccc1-c1ccc(-c2nc(-c3ccc4c(c3)CN(C3CC(C(=O)O)C3)C4)no2)cc1C. The monoisotopic (exact) mass is 497 g/mol. The molecule has 1 aliphatic carbocycles. The quantitative estimate of drug-likeness (QED) is 0.314. The van der Waals surface area contributed by atoms with Gasteiger partial charge in [0.15, 0.2) is 0 Å². The molecule has 7 heteroatoms.